The number of likely N-dealkylation sites (tertiary alicyclic amines) is 1. The number of hydrogen-bond donors (Lipinski definition) is 1. The highest BCUT2D eigenvalue weighted by molar-refractivity contribution is 4.78. The molecule has 1 fully saturated rings. The molecule has 1 aliphatic heterocycles. The van der Waals surface area contributed by atoms with Gasteiger partial charge in [-0.1, -0.05) is 39.5 Å². The summed E-state index contributed by atoms with van der Waals surface area (Å²) in [5.74, 6) is 0.874. The molecular formula is C14H30N2. The van der Waals surface area contributed by atoms with Crippen molar-refractivity contribution in [2.24, 2.45) is 11.7 Å². The van der Waals surface area contributed by atoms with Gasteiger partial charge in [-0.05, 0) is 31.7 Å². The van der Waals surface area contributed by atoms with Crippen LogP contribution in [0.15, 0.2) is 0 Å². The second-order valence-electron chi connectivity index (χ2n) is 5.48. The molecule has 1 aliphatic rings. The van der Waals surface area contributed by atoms with Crippen LogP contribution in [-0.4, -0.2) is 30.6 Å². The smallest absolute Gasteiger partial charge is 0.0218 e. The predicted octanol–water partition coefficient (Wildman–Crippen LogP) is 3.02. The van der Waals surface area contributed by atoms with Gasteiger partial charge >= 0.3 is 0 Å². The lowest BCUT2D eigenvalue weighted by Gasteiger charge is -2.37. The predicted molar refractivity (Wildman–Crippen MR) is 71.6 cm³/mol. The van der Waals surface area contributed by atoms with Crippen LogP contribution in [0, 0.1) is 5.92 Å². The van der Waals surface area contributed by atoms with Crippen molar-refractivity contribution in [1.82, 2.24) is 4.90 Å². The number of rotatable bonds is 7. The summed E-state index contributed by atoms with van der Waals surface area (Å²) in [6.07, 6.45) is 9.54. The van der Waals surface area contributed by atoms with Crippen LogP contribution >= 0.6 is 0 Å². The van der Waals surface area contributed by atoms with Gasteiger partial charge in [0.1, 0.15) is 0 Å². The molecule has 16 heavy (non-hydrogen) atoms. The normalized spacial score (nSPS) is 24.6. The number of nitrogens with zero attached hydrogens (tertiary/aromatic N) is 1. The van der Waals surface area contributed by atoms with Crippen molar-refractivity contribution >= 4 is 0 Å². The molecule has 2 atom stereocenters. The third kappa shape index (κ3) is 4.84. The summed E-state index contributed by atoms with van der Waals surface area (Å²) in [5, 5.41) is 0. The van der Waals surface area contributed by atoms with Gasteiger partial charge in [-0.3, -0.25) is 4.90 Å². The maximum atomic E-state index is 5.92. The Bertz CT molecular complexity index is 170. The number of piperidine rings is 1. The lowest BCUT2D eigenvalue weighted by Crippen LogP contribution is -2.45. The molecule has 96 valence electrons. The molecule has 2 heteroatoms. The Morgan fingerprint density at radius 3 is 2.75 bits per heavy atom. The molecule has 1 saturated heterocycles. The lowest BCUT2D eigenvalue weighted by molar-refractivity contribution is 0.125. The van der Waals surface area contributed by atoms with E-state index in [1.54, 1.807) is 0 Å². The standard InChI is InChI=1S/C14H30N2/c1-3-4-5-6-9-14(11-15)16-10-7-8-13(2)12-16/h13-14H,3-12,15H2,1-2H3. The van der Waals surface area contributed by atoms with Gasteiger partial charge in [-0.2, -0.15) is 0 Å². The van der Waals surface area contributed by atoms with E-state index in [0.717, 1.165) is 12.5 Å². The van der Waals surface area contributed by atoms with Gasteiger partial charge in [0.2, 0.25) is 0 Å². The molecule has 0 aromatic carbocycles. The first-order valence-electron chi connectivity index (χ1n) is 7.22. The van der Waals surface area contributed by atoms with Gasteiger partial charge in [0.15, 0.2) is 0 Å². The van der Waals surface area contributed by atoms with Crippen LogP contribution in [0.25, 0.3) is 0 Å². The molecule has 1 rings (SSSR count). The zero-order chi connectivity index (χ0) is 11.8. The molecule has 0 aromatic rings. The molecule has 0 radical (unpaired) electrons. The fourth-order valence-corrected chi connectivity index (χ4v) is 2.81. The van der Waals surface area contributed by atoms with Gasteiger partial charge in [0.25, 0.3) is 0 Å². The molecule has 0 bridgehead atoms. The molecule has 0 aliphatic carbocycles. The summed E-state index contributed by atoms with van der Waals surface area (Å²) in [5.41, 5.74) is 5.92. The van der Waals surface area contributed by atoms with Crippen molar-refractivity contribution in [2.75, 3.05) is 19.6 Å². The second-order valence-corrected chi connectivity index (χ2v) is 5.48. The minimum atomic E-state index is 0.652. The fraction of sp³-hybridized carbons (Fsp3) is 1.00. The minimum Gasteiger partial charge on any atom is -0.329 e. The molecule has 1 heterocycles. The van der Waals surface area contributed by atoms with Crippen LogP contribution < -0.4 is 5.73 Å². The summed E-state index contributed by atoms with van der Waals surface area (Å²) in [7, 11) is 0. The highest BCUT2D eigenvalue weighted by Gasteiger charge is 2.22. The first kappa shape index (κ1) is 14.0. The number of unbranched alkanes of at least 4 members (excludes halogenated alkanes) is 3. The van der Waals surface area contributed by atoms with Gasteiger partial charge in [0, 0.05) is 19.1 Å². The van der Waals surface area contributed by atoms with E-state index in [1.165, 1.54) is 58.0 Å². The highest BCUT2D eigenvalue weighted by Crippen LogP contribution is 2.20. The molecule has 0 saturated carbocycles. The van der Waals surface area contributed by atoms with E-state index in [1.807, 2.05) is 0 Å². The third-order valence-electron chi connectivity index (χ3n) is 3.87. The highest BCUT2D eigenvalue weighted by atomic mass is 15.2. The van der Waals surface area contributed by atoms with E-state index in [-0.39, 0.29) is 0 Å². The fourth-order valence-electron chi connectivity index (χ4n) is 2.81. The van der Waals surface area contributed by atoms with E-state index >= 15 is 0 Å². The molecule has 2 N–H and O–H groups in total. The van der Waals surface area contributed by atoms with Crippen molar-refractivity contribution in [3.05, 3.63) is 0 Å². The number of hydrogen-bond acceptors (Lipinski definition) is 2. The Hall–Kier alpha value is -0.0800. The molecule has 0 spiro atoms. The van der Waals surface area contributed by atoms with E-state index in [9.17, 15) is 0 Å². The average Bonchev–Trinajstić information content (AvgIpc) is 2.29. The zero-order valence-electron chi connectivity index (χ0n) is 11.3. The second kappa shape index (κ2) is 8.08. The van der Waals surface area contributed by atoms with Gasteiger partial charge in [0.05, 0.1) is 0 Å². The average molecular weight is 226 g/mol. The van der Waals surface area contributed by atoms with Gasteiger partial charge in [-0.25, -0.2) is 0 Å². The van der Waals surface area contributed by atoms with Crippen LogP contribution in [0.4, 0.5) is 0 Å². The zero-order valence-corrected chi connectivity index (χ0v) is 11.3. The van der Waals surface area contributed by atoms with E-state index in [4.69, 9.17) is 5.73 Å². The molecule has 2 nitrogen and oxygen atoms in total. The maximum Gasteiger partial charge on any atom is 0.0218 e. The largest absolute Gasteiger partial charge is 0.329 e. The molecule has 0 amide bonds. The van der Waals surface area contributed by atoms with E-state index in [2.05, 4.69) is 18.7 Å². The quantitative estimate of drug-likeness (QED) is 0.676. The van der Waals surface area contributed by atoms with Crippen molar-refractivity contribution in [1.29, 1.82) is 0 Å². The Labute approximate surface area is 102 Å². The van der Waals surface area contributed by atoms with Gasteiger partial charge in [-0.15, -0.1) is 0 Å². The van der Waals surface area contributed by atoms with Crippen LogP contribution in [-0.2, 0) is 0 Å². The summed E-state index contributed by atoms with van der Waals surface area (Å²) < 4.78 is 0. The van der Waals surface area contributed by atoms with E-state index in [0.29, 0.717) is 6.04 Å². The SMILES string of the molecule is CCCCCCC(CN)N1CCCC(C)C1. The summed E-state index contributed by atoms with van der Waals surface area (Å²) in [6.45, 7) is 8.04. The van der Waals surface area contributed by atoms with Crippen LogP contribution in [0.5, 0.6) is 0 Å². The Balaban J connectivity index is 2.23. The first-order valence-corrected chi connectivity index (χ1v) is 7.22. The van der Waals surface area contributed by atoms with E-state index < -0.39 is 0 Å². The third-order valence-corrected chi connectivity index (χ3v) is 3.87. The van der Waals surface area contributed by atoms with Crippen molar-refractivity contribution in [2.45, 2.75) is 64.8 Å². The van der Waals surface area contributed by atoms with Crippen molar-refractivity contribution < 1.29 is 0 Å². The summed E-state index contributed by atoms with van der Waals surface area (Å²) >= 11 is 0. The minimum absolute atomic E-state index is 0.652. The van der Waals surface area contributed by atoms with Gasteiger partial charge < -0.3 is 5.73 Å². The maximum absolute atomic E-state index is 5.92. The Morgan fingerprint density at radius 1 is 1.31 bits per heavy atom. The topological polar surface area (TPSA) is 29.3 Å². The van der Waals surface area contributed by atoms with Crippen LogP contribution in [0.2, 0.25) is 0 Å². The Kier molecular flexibility index (Phi) is 7.06. The molecule has 0 aromatic heterocycles. The van der Waals surface area contributed by atoms with Crippen molar-refractivity contribution in [3.8, 4) is 0 Å². The first-order chi connectivity index (χ1) is 7.77. The molecule has 2 unspecified atom stereocenters. The summed E-state index contributed by atoms with van der Waals surface area (Å²) in [4.78, 5) is 2.64. The lowest BCUT2D eigenvalue weighted by atomic mass is 9.97. The summed E-state index contributed by atoms with van der Waals surface area (Å²) in [6, 6.07) is 0.652. The molecular weight excluding hydrogens is 196 g/mol. The van der Waals surface area contributed by atoms with Crippen molar-refractivity contribution in [3.63, 3.8) is 0 Å². The monoisotopic (exact) mass is 226 g/mol. The van der Waals surface area contributed by atoms with Crippen LogP contribution in [0.1, 0.15) is 58.8 Å². The van der Waals surface area contributed by atoms with Crippen LogP contribution in [0.3, 0.4) is 0 Å². The Morgan fingerprint density at radius 2 is 2.12 bits per heavy atom. The number of nitrogens with two attached hydrogens (primary N) is 1.